The first-order valence-corrected chi connectivity index (χ1v) is 5.44. The van der Waals surface area contributed by atoms with Gasteiger partial charge in [0.25, 0.3) is 0 Å². The number of hydrogen-bond donors (Lipinski definition) is 2. The molecule has 14 heavy (non-hydrogen) atoms. The molecule has 0 unspecified atom stereocenters. The number of carbonyl (C=O) groups is 1. The summed E-state index contributed by atoms with van der Waals surface area (Å²) < 4.78 is 0. The average molecular weight is 199 g/mol. The minimum Gasteiger partial charge on any atom is -0.480 e. The molecule has 3 nitrogen and oxygen atoms in total. The van der Waals surface area contributed by atoms with Crippen LogP contribution in [0.3, 0.4) is 0 Å². The number of hydrogen-bond acceptors (Lipinski definition) is 2. The minimum atomic E-state index is -0.692. The van der Waals surface area contributed by atoms with E-state index >= 15 is 0 Å². The van der Waals surface area contributed by atoms with Crippen LogP contribution in [0.2, 0.25) is 0 Å². The highest BCUT2D eigenvalue weighted by Crippen LogP contribution is 2.35. The van der Waals surface area contributed by atoms with Gasteiger partial charge in [-0.25, -0.2) is 0 Å². The van der Waals surface area contributed by atoms with Crippen molar-refractivity contribution in [2.24, 2.45) is 11.8 Å². The van der Waals surface area contributed by atoms with Gasteiger partial charge in [0.15, 0.2) is 0 Å². The van der Waals surface area contributed by atoms with E-state index in [1.54, 1.807) is 7.05 Å². The standard InChI is InChI=1S/C11H21NO2/c1-8(2)9-4-6-11(12-3,7-5-9)10(13)14/h8-9,12H,4-7H2,1-3H3,(H,13,14). The lowest BCUT2D eigenvalue weighted by Gasteiger charge is -2.37. The van der Waals surface area contributed by atoms with E-state index in [9.17, 15) is 4.79 Å². The monoisotopic (exact) mass is 199 g/mol. The van der Waals surface area contributed by atoms with Gasteiger partial charge >= 0.3 is 5.97 Å². The second kappa shape index (κ2) is 4.30. The molecular formula is C11H21NO2. The molecule has 0 saturated heterocycles. The topological polar surface area (TPSA) is 49.3 Å². The van der Waals surface area contributed by atoms with E-state index in [1.807, 2.05) is 0 Å². The number of rotatable bonds is 3. The first kappa shape index (κ1) is 11.5. The number of aliphatic carboxylic acids is 1. The van der Waals surface area contributed by atoms with Gasteiger partial charge < -0.3 is 10.4 Å². The number of carboxylic acid groups (broad SMARTS) is 1. The number of carboxylic acids is 1. The predicted molar refractivity (Wildman–Crippen MR) is 56.2 cm³/mol. The van der Waals surface area contributed by atoms with Crippen LogP contribution in [0.1, 0.15) is 39.5 Å². The van der Waals surface area contributed by atoms with Gasteiger partial charge in [-0.05, 0) is 44.6 Å². The highest BCUT2D eigenvalue weighted by molar-refractivity contribution is 5.78. The molecule has 0 spiro atoms. The highest BCUT2D eigenvalue weighted by atomic mass is 16.4. The van der Waals surface area contributed by atoms with Gasteiger partial charge in [-0.1, -0.05) is 13.8 Å². The number of nitrogens with one attached hydrogen (secondary N) is 1. The maximum atomic E-state index is 11.1. The van der Waals surface area contributed by atoms with E-state index in [-0.39, 0.29) is 0 Å². The molecule has 1 saturated carbocycles. The molecule has 0 aromatic carbocycles. The van der Waals surface area contributed by atoms with E-state index in [0.29, 0.717) is 11.8 Å². The van der Waals surface area contributed by atoms with Gasteiger partial charge in [0.1, 0.15) is 5.54 Å². The Labute approximate surface area is 85.9 Å². The zero-order valence-corrected chi connectivity index (χ0v) is 9.34. The lowest BCUT2D eigenvalue weighted by molar-refractivity contribution is -0.146. The molecule has 82 valence electrons. The van der Waals surface area contributed by atoms with Crippen LogP contribution < -0.4 is 5.32 Å². The molecule has 0 amide bonds. The van der Waals surface area contributed by atoms with Crippen LogP contribution in [0.15, 0.2) is 0 Å². The van der Waals surface area contributed by atoms with Crippen molar-refractivity contribution in [1.82, 2.24) is 5.32 Å². The largest absolute Gasteiger partial charge is 0.480 e. The van der Waals surface area contributed by atoms with Crippen LogP contribution in [-0.4, -0.2) is 23.7 Å². The summed E-state index contributed by atoms with van der Waals surface area (Å²) in [7, 11) is 1.75. The zero-order valence-electron chi connectivity index (χ0n) is 9.34. The van der Waals surface area contributed by atoms with Crippen molar-refractivity contribution >= 4 is 5.97 Å². The maximum absolute atomic E-state index is 11.1. The highest BCUT2D eigenvalue weighted by Gasteiger charge is 2.40. The van der Waals surface area contributed by atoms with Gasteiger partial charge in [-0.2, -0.15) is 0 Å². The van der Waals surface area contributed by atoms with Gasteiger partial charge in [0.05, 0.1) is 0 Å². The summed E-state index contributed by atoms with van der Waals surface area (Å²) in [6.07, 6.45) is 3.60. The minimum absolute atomic E-state index is 0.647. The molecule has 1 aliphatic carbocycles. The second-order valence-electron chi connectivity index (χ2n) is 4.72. The van der Waals surface area contributed by atoms with Crippen LogP contribution >= 0.6 is 0 Å². The third-order valence-corrected chi connectivity index (χ3v) is 3.71. The first-order chi connectivity index (χ1) is 6.52. The SMILES string of the molecule is CNC1(C(=O)O)CCC(C(C)C)CC1. The summed E-state index contributed by atoms with van der Waals surface area (Å²) in [5.41, 5.74) is -0.647. The molecule has 0 bridgehead atoms. The van der Waals surface area contributed by atoms with E-state index in [0.717, 1.165) is 25.7 Å². The van der Waals surface area contributed by atoms with Crippen LogP contribution in [0.5, 0.6) is 0 Å². The Bertz CT molecular complexity index is 205. The first-order valence-electron chi connectivity index (χ1n) is 5.44. The number of likely N-dealkylation sites (N-methyl/N-ethyl adjacent to an activating group) is 1. The fraction of sp³-hybridized carbons (Fsp3) is 0.909. The molecule has 3 heteroatoms. The van der Waals surface area contributed by atoms with Crippen molar-refractivity contribution < 1.29 is 9.90 Å². The summed E-state index contributed by atoms with van der Waals surface area (Å²) in [6, 6.07) is 0. The molecule has 0 radical (unpaired) electrons. The van der Waals surface area contributed by atoms with Crippen molar-refractivity contribution in [1.29, 1.82) is 0 Å². The third kappa shape index (κ3) is 2.08. The summed E-state index contributed by atoms with van der Waals surface area (Å²) in [4.78, 5) is 11.1. The van der Waals surface area contributed by atoms with Crippen molar-refractivity contribution in [2.45, 2.75) is 45.1 Å². The molecule has 0 aromatic heterocycles. The quantitative estimate of drug-likeness (QED) is 0.729. The molecule has 0 aromatic rings. The molecule has 1 rings (SSSR count). The van der Waals surface area contributed by atoms with Crippen LogP contribution in [0.4, 0.5) is 0 Å². The lowest BCUT2D eigenvalue weighted by atomic mass is 9.73. The van der Waals surface area contributed by atoms with Gasteiger partial charge in [0.2, 0.25) is 0 Å². The van der Waals surface area contributed by atoms with Gasteiger partial charge in [0, 0.05) is 0 Å². The fourth-order valence-electron chi connectivity index (χ4n) is 2.37. The van der Waals surface area contributed by atoms with Gasteiger partial charge in [-0.15, -0.1) is 0 Å². The Hall–Kier alpha value is -0.570. The summed E-state index contributed by atoms with van der Waals surface area (Å²) in [5.74, 6) is 0.691. The van der Waals surface area contributed by atoms with Crippen molar-refractivity contribution in [3.63, 3.8) is 0 Å². The van der Waals surface area contributed by atoms with Gasteiger partial charge in [-0.3, -0.25) is 4.79 Å². The average Bonchev–Trinajstić information content (AvgIpc) is 2.17. The summed E-state index contributed by atoms with van der Waals surface area (Å²) in [6.45, 7) is 4.44. The molecule has 1 fully saturated rings. The molecule has 0 atom stereocenters. The predicted octanol–water partition coefficient (Wildman–Crippen LogP) is 1.88. The van der Waals surface area contributed by atoms with Crippen molar-refractivity contribution in [3.05, 3.63) is 0 Å². The lowest BCUT2D eigenvalue weighted by Crippen LogP contribution is -2.52. The molecule has 0 aliphatic heterocycles. The van der Waals surface area contributed by atoms with E-state index in [4.69, 9.17) is 5.11 Å². The molecule has 1 aliphatic rings. The maximum Gasteiger partial charge on any atom is 0.323 e. The van der Waals surface area contributed by atoms with Crippen LogP contribution in [-0.2, 0) is 4.79 Å². The molecular weight excluding hydrogens is 178 g/mol. The van der Waals surface area contributed by atoms with Crippen LogP contribution in [0, 0.1) is 11.8 Å². The third-order valence-electron chi connectivity index (χ3n) is 3.71. The molecule has 0 heterocycles. The normalized spacial score (nSPS) is 33.3. The Kier molecular flexibility index (Phi) is 3.53. The summed E-state index contributed by atoms with van der Waals surface area (Å²) in [5, 5.41) is 12.1. The fourth-order valence-corrected chi connectivity index (χ4v) is 2.37. The Morgan fingerprint density at radius 1 is 1.43 bits per heavy atom. The van der Waals surface area contributed by atoms with Crippen LogP contribution in [0.25, 0.3) is 0 Å². The van der Waals surface area contributed by atoms with Crippen molar-refractivity contribution in [2.75, 3.05) is 7.05 Å². The Balaban J connectivity index is 2.59. The smallest absolute Gasteiger partial charge is 0.323 e. The second-order valence-corrected chi connectivity index (χ2v) is 4.72. The van der Waals surface area contributed by atoms with Crippen molar-refractivity contribution in [3.8, 4) is 0 Å². The van der Waals surface area contributed by atoms with E-state index in [1.165, 1.54) is 0 Å². The Morgan fingerprint density at radius 3 is 2.21 bits per heavy atom. The summed E-state index contributed by atoms with van der Waals surface area (Å²) >= 11 is 0. The van der Waals surface area contributed by atoms with E-state index < -0.39 is 11.5 Å². The van der Waals surface area contributed by atoms with E-state index in [2.05, 4.69) is 19.2 Å². The zero-order chi connectivity index (χ0) is 10.8. The Morgan fingerprint density at radius 2 is 1.93 bits per heavy atom. The molecule has 2 N–H and O–H groups in total.